The van der Waals surface area contributed by atoms with Crippen LogP contribution >= 0.6 is 24.0 Å². The Bertz CT molecular complexity index is 1050. The summed E-state index contributed by atoms with van der Waals surface area (Å²) in [4.78, 5) is 2.77. The monoisotopic (exact) mass is 411 g/mol. The number of benzene rings is 2. The number of halogens is 2. The number of nitrogens with zero attached hydrogens (tertiary/aromatic N) is 1. The SMILES string of the molecule is CCN1CCc2oc3c(Cl)cc(S(=O)(=O)c4ccccc4)cc3c2C1.Cl. The van der Waals surface area contributed by atoms with Crippen molar-refractivity contribution < 1.29 is 12.8 Å². The highest BCUT2D eigenvalue weighted by Gasteiger charge is 2.26. The Labute approximate surface area is 164 Å². The largest absolute Gasteiger partial charge is 0.459 e. The van der Waals surface area contributed by atoms with Crippen LogP contribution < -0.4 is 0 Å². The average Bonchev–Trinajstić information content (AvgIpc) is 3.01. The Morgan fingerprint density at radius 3 is 2.58 bits per heavy atom. The van der Waals surface area contributed by atoms with Gasteiger partial charge in [-0.3, -0.25) is 4.90 Å². The second-order valence-corrected chi connectivity index (χ2v) is 8.58. The van der Waals surface area contributed by atoms with Crippen LogP contribution in [0.3, 0.4) is 0 Å². The molecule has 0 saturated carbocycles. The van der Waals surface area contributed by atoms with Gasteiger partial charge in [0.15, 0.2) is 5.58 Å². The van der Waals surface area contributed by atoms with E-state index in [2.05, 4.69) is 11.8 Å². The molecular formula is C19H19Cl2NO3S. The zero-order chi connectivity index (χ0) is 17.6. The lowest BCUT2D eigenvalue weighted by Gasteiger charge is -2.24. The van der Waals surface area contributed by atoms with Crippen molar-refractivity contribution in [2.75, 3.05) is 13.1 Å². The number of furan rings is 1. The molecule has 0 N–H and O–H groups in total. The summed E-state index contributed by atoms with van der Waals surface area (Å²) in [6.45, 7) is 4.76. The molecule has 4 rings (SSSR count). The summed E-state index contributed by atoms with van der Waals surface area (Å²) in [5, 5.41) is 1.14. The van der Waals surface area contributed by atoms with Crippen LogP contribution in [0.25, 0.3) is 11.0 Å². The van der Waals surface area contributed by atoms with Gasteiger partial charge in [-0.25, -0.2) is 8.42 Å². The quantitative estimate of drug-likeness (QED) is 0.625. The van der Waals surface area contributed by atoms with E-state index < -0.39 is 9.84 Å². The van der Waals surface area contributed by atoms with E-state index in [0.29, 0.717) is 10.6 Å². The minimum atomic E-state index is -3.62. The second-order valence-electron chi connectivity index (χ2n) is 6.22. The molecule has 1 aromatic heterocycles. The maximum atomic E-state index is 12.9. The molecule has 0 radical (unpaired) electrons. The molecule has 26 heavy (non-hydrogen) atoms. The molecule has 0 unspecified atom stereocenters. The van der Waals surface area contributed by atoms with Crippen LogP contribution in [-0.2, 0) is 22.8 Å². The van der Waals surface area contributed by atoms with Crippen molar-refractivity contribution in [1.82, 2.24) is 4.90 Å². The van der Waals surface area contributed by atoms with Gasteiger partial charge in [-0.15, -0.1) is 12.4 Å². The van der Waals surface area contributed by atoms with Crippen molar-refractivity contribution in [3.8, 4) is 0 Å². The van der Waals surface area contributed by atoms with Gasteiger partial charge in [0, 0.05) is 30.5 Å². The average molecular weight is 412 g/mol. The van der Waals surface area contributed by atoms with Crippen LogP contribution in [0.5, 0.6) is 0 Å². The molecule has 2 aromatic carbocycles. The van der Waals surface area contributed by atoms with E-state index in [9.17, 15) is 8.42 Å². The van der Waals surface area contributed by atoms with Crippen molar-refractivity contribution in [3.05, 3.63) is 58.8 Å². The number of hydrogen-bond donors (Lipinski definition) is 0. The molecule has 0 bridgehead atoms. The van der Waals surface area contributed by atoms with Gasteiger partial charge in [-0.1, -0.05) is 36.7 Å². The Kier molecular flexibility index (Phi) is 5.35. The summed E-state index contributed by atoms with van der Waals surface area (Å²) < 4.78 is 31.8. The van der Waals surface area contributed by atoms with Crippen molar-refractivity contribution in [2.45, 2.75) is 29.7 Å². The minimum Gasteiger partial charge on any atom is -0.459 e. The van der Waals surface area contributed by atoms with Crippen molar-refractivity contribution in [3.63, 3.8) is 0 Å². The maximum Gasteiger partial charge on any atom is 0.206 e. The van der Waals surface area contributed by atoms with Gasteiger partial charge in [-0.05, 0) is 30.8 Å². The first-order valence-corrected chi connectivity index (χ1v) is 10.1. The number of rotatable bonds is 3. The van der Waals surface area contributed by atoms with E-state index in [1.165, 1.54) is 6.07 Å². The lowest BCUT2D eigenvalue weighted by molar-refractivity contribution is 0.256. The predicted octanol–water partition coefficient (Wildman–Crippen LogP) is 4.72. The van der Waals surface area contributed by atoms with Gasteiger partial charge in [0.1, 0.15) is 5.76 Å². The van der Waals surface area contributed by atoms with Gasteiger partial charge in [0.25, 0.3) is 0 Å². The lowest BCUT2D eigenvalue weighted by Crippen LogP contribution is -2.29. The Hall–Kier alpha value is -1.53. The smallest absolute Gasteiger partial charge is 0.206 e. The molecule has 2 heterocycles. The number of sulfone groups is 1. The number of hydrogen-bond acceptors (Lipinski definition) is 4. The first kappa shape index (κ1) is 19.2. The van der Waals surface area contributed by atoms with E-state index in [1.807, 2.05) is 0 Å². The molecule has 0 amide bonds. The van der Waals surface area contributed by atoms with Crippen LogP contribution in [-0.4, -0.2) is 26.4 Å². The molecule has 0 spiro atoms. The standard InChI is InChI=1S/C19H18ClNO3S.ClH/c1-2-21-9-8-18-16(12-21)15-10-14(11-17(20)19(15)24-18)25(22,23)13-6-4-3-5-7-13;/h3-7,10-11H,2,8-9,12H2,1H3;1H. The normalized spacial score (nSPS) is 14.8. The summed E-state index contributed by atoms with van der Waals surface area (Å²) in [6.07, 6.45) is 0.814. The van der Waals surface area contributed by atoms with Crippen LogP contribution in [0.4, 0.5) is 0 Å². The maximum absolute atomic E-state index is 12.9. The fraction of sp³-hybridized carbons (Fsp3) is 0.263. The molecule has 3 aromatic rings. The second kappa shape index (κ2) is 7.24. The van der Waals surface area contributed by atoms with E-state index in [4.69, 9.17) is 16.0 Å². The Balaban J connectivity index is 0.00000196. The molecule has 0 saturated heterocycles. The summed E-state index contributed by atoms with van der Waals surface area (Å²) in [6, 6.07) is 11.6. The van der Waals surface area contributed by atoms with Crippen LogP contribution in [0.1, 0.15) is 18.2 Å². The van der Waals surface area contributed by atoms with Gasteiger partial charge in [0.05, 0.1) is 14.8 Å². The molecule has 4 nitrogen and oxygen atoms in total. The van der Waals surface area contributed by atoms with Gasteiger partial charge >= 0.3 is 0 Å². The molecule has 0 aliphatic carbocycles. The lowest BCUT2D eigenvalue weighted by atomic mass is 10.0. The fourth-order valence-electron chi connectivity index (χ4n) is 3.33. The summed E-state index contributed by atoms with van der Waals surface area (Å²) >= 11 is 6.37. The van der Waals surface area contributed by atoms with Crippen LogP contribution in [0, 0.1) is 0 Å². The summed E-state index contributed by atoms with van der Waals surface area (Å²) in [5.74, 6) is 0.913. The molecule has 0 atom stereocenters. The fourth-order valence-corrected chi connectivity index (χ4v) is 4.99. The molecule has 138 valence electrons. The van der Waals surface area contributed by atoms with E-state index >= 15 is 0 Å². The third kappa shape index (κ3) is 3.14. The first-order valence-electron chi connectivity index (χ1n) is 8.27. The Morgan fingerprint density at radius 1 is 1.15 bits per heavy atom. The first-order chi connectivity index (χ1) is 12.0. The third-order valence-corrected chi connectivity index (χ3v) is 6.78. The molecular weight excluding hydrogens is 393 g/mol. The van der Waals surface area contributed by atoms with Gasteiger partial charge in [-0.2, -0.15) is 0 Å². The molecule has 1 aliphatic heterocycles. The summed E-state index contributed by atoms with van der Waals surface area (Å²) in [5.41, 5.74) is 1.63. The van der Waals surface area contributed by atoms with Crippen molar-refractivity contribution in [1.29, 1.82) is 0 Å². The topological polar surface area (TPSA) is 50.5 Å². The van der Waals surface area contributed by atoms with Crippen LogP contribution in [0.15, 0.2) is 56.7 Å². The van der Waals surface area contributed by atoms with Crippen LogP contribution in [0.2, 0.25) is 5.02 Å². The highest BCUT2D eigenvalue weighted by molar-refractivity contribution is 7.91. The minimum absolute atomic E-state index is 0. The number of fused-ring (bicyclic) bond motifs is 3. The van der Waals surface area contributed by atoms with Gasteiger partial charge < -0.3 is 4.42 Å². The van der Waals surface area contributed by atoms with E-state index in [-0.39, 0.29) is 22.2 Å². The van der Waals surface area contributed by atoms with Crippen molar-refractivity contribution in [2.24, 2.45) is 0 Å². The summed E-state index contributed by atoms with van der Waals surface area (Å²) in [7, 11) is -3.62. The van der Waals surface area contributed by atoms with Gasteiger partial charge in [0.2, 0.25) is 9.84 Å². The zero-order valence-electron chi connectivity index (χ0n) is 14.2. The molecule has 1 aliphatic rings. The number of likely N-dealkylation sites (N-methyl/N-ethyl adjacent to an activating group) is 1. The van der Waals surface area contributed by atoms with E-state index in [1.54, 1.807) is 36.4 Å². The highest BCUT2D eigenvalue weighted by Crippen LogP contribution is 2.37. The molecule has 0 fully saturated rings. The Morgan fingerprint density at radius 2 is 1.88 bits per heavy atom. The predicted molar refractivity (Wildman–Crippen MR) is 105 cm³/mol. The highest BCUT2D eigenvalue weighted by atomic mass is 35.5. The zero-order valence-corrected chi connectivity index (χ0v) is 16.6. The van der Waals surface area contributed by atoms with E-state index in [0.717, 1.165) is 42.8 Å². The third-order valence-electron chi connectivity index (χ3n) is 4.75. The molecule has 7 heteroatoms. The van der Waals surface area contributed by atoms with Crippen molar-refractivity contribution >= 4 is 44.8 Å².